The Morgan fingerprint density at radius 1 is 1.25 bits per heavy atom. The first-order valence-corrected chi connectivity index (χ1v) is 9.49. The van der Waals surface area contributed by atoms with E-state index in [-0.39, 0.29) is 0 Å². The van der Waals surface area contributed by atoms with Crippen LogP contribution in [0.2, 0.25) is 0 Å². The van der Waals surface area contributed by atoms with Gasteiger partial charge in [0.15, 0.2) is 0 Å². The fourth-order valence-corrected chi connectivity index (χ4v) is 4.22. The van der Waals surface area contributed by atoms with Crippen molar-refractivity contribution in [1.29, 1.82) is 0 Å². The zero-order chi connectivity index (χ0) is 16.9. The average molecular weight is 332 g/mol. The summed E-state index contributed by atoms with van der Waals surface area (Å²) in [7, 11) is 1.76. The summed E-state index contributed by atoms with van der Waals surface area (Å²) < 4.78 is 5.48. The van der Waals surface area contributed by atoms with E-state index in [0.29, 0.717) is 12.1 Å². The zero-order valence-electron chi connectivity index (χ0n) is 15.5. The molecule has 0 radical (unpaired) electrons. The van der Waals surface area contributed by atoms with Crippen LogP contribution in [-0.4, -0.2) is 62.2 Å². The molecule has 3 atom stereocenters. The molecule has 0 amide bonds. The van der Waals surface area contributed by atoms with Gasteiger partial charge in [0.1, 0.15) is 5.75 Å². The van der Waals surface area contributed by atoms with Gasteiger partial charge in [-0.15, -0.1) is 0 Å². The number of nitrogens with one attached hydrogen (secondary N) is 1. The van der Waals surface area contributed by atoms with E-state index in [0.717, 1.165) is 37.8 Å². The summed E-state index contributed by atoms with van der Waals surface area (Å²) in [4.78, 5) is 5.33. The quantitative estimate of drug-likeness (QED) is 0.898. The van der Waals surface area contributed by atoms with Crippen LogP contribution in [0.15, 0.2) is 24.3 Å². The molecule has 4 heteroatoms. The third-order valence-corrected chi connectivity index (χ3v) is 5.49. The third-order valence-electron chi connectivity index (χ3n) is 5.49. The van der Waals surface area contributed by atoms with Gasteiger partial charge in [-0.2, -0.15) is 0 Å². The summed E-state index contributed by atoms with van der Waals surface area (Å²) in [6.07, 6.45) is 2.72. The van der Waals surface area contributed by atoms with E-state index >= 15 is 0 Å². The fraction of sp³-hybridized carbons (Fsp3) is 0.700. The van der Waals surface area contributed by atoms with Crippen molar-refractivity contribution in [3.8, 4) is 5.75 Å². The second-order valence-corrected chi connectivity index (χ2v) is 7.65. The van der Waals surface area contributed by atoms with Crippen LogP contribution in [0.3, 0.4) is 0 Å². The van der Waals surface area contributed by atoms with Gasteiger partial charge in [-0.1, -0.05) is 19.1 Å². The summed E-state index contributed by atoms with van der Waals surface area (Å²) in [5.41, 5.74) is 1.39. The highest BCUT2D eigenvalue weighted by molar-refractivity contribution is 5.31. The molecule has 0 saturated carbocycles. The lowest BCUT2D eigenvalue weighted by Crippen LogP contribution is -2.52. The molecule has 0 bridgehead atoms. The molecule has 2 aliphatic rings. The number of methoxy groups -OCH3 is 1. The van der Waals surface area contributed by atoms with Crippen LogP contribution in [0.25, 0.3) is 0 Å². The molecule has 3 unspecified atom stereocenters. The van der Waals surface area contributed by atoms with Gasteiger partial charge in [0.05, 0.1) is 7.11 Å². The van der Waals surface area contributed by atoms with Gasteiger partial charge in [0.25, 0.3) is 0 Å². The number of hydrogen-bond acceptors (Lipinski definition) is 4. The highest BCUT2D eigenvalue weighted by atomic mass is 16.5. The maximum atomic E-state index is 5.48. The minimum absolute atomic E-state index is 0.454. The smallest absolute Gasteiger partial charge is 0.119 e. The predicted octanol–water partition coefficient (Wildman–Crippen LogP) is 2.76. The monoisotopic (exact) mass is 331 g/mol. The summed E-state index contributed by atoms with van der Waals surface area (Å²) in [6, 6.07) is 9.69. The number of nitrogens with zero attached hydrogens (tertiary/aromatic N) is 2. The Morgan fingerprint density at radius 2 is 2.12 bits per heavy atom. The summed E-state index contributed by atoms with van der Waals surface area (Å²) in [6.45, 7) is 11.6. The first-order valence-electron chi connectivity index (χ1n) is 9.49. The van der Waals surface area contributed by atoms with E-state index in [1.165, 1.54) is 31.5 Å². The topological polar surface area (TPSA) is 27.7 Å². The van der Waals surface area contributed by atoms with Gasteiger partial charge in [0.2, 0.25) is 0 Å². The van der Waals surface area contributed by atoms with Crippen molar-refractivity contribution in [3.63, 3.8) is 0 Å². The molecule has 24 heavy (non-hydrogen) atoms. The molecule has 4 nitrogen and oxygen atoms in total. The number of likely N-dealkylation sites (tertiary alicyclic amines) is 1. The molecular formula is C20H33N3O. The van der Waals surface area contributed by atoms with E-state index in [1.54, 1.807) is 7.11 Å². The largest absolute Gasteiger partial charge is 0.497 e. The Morgan fingerprint density at radius 3 is 2.88 bits per heavy atom. The molecule has 0 spiro atoms. The van der Waals surface area contributed by atoms with Crippen LogP contribution >= 0.6 is 0 Å². The first-order chi connectivity index (χ1) is 11.7. The van der Waals surface area contributed by atoms with Crippen LogP contribution in [0.5, 0.6) is 5.75 Å². The Balaban J connectivity index is 1.79. The van der Waals surface area contributed by atoms with Crippen molar-refractivity contribution < 1.29 is 4.74 Å². The van der Waals surface area contributed by atoms with Gasteiger partial charge in [-0.05, 0) is 49.9 Å². The van der Waals surface area contributed by atoms with Crippen molar-refractivity contribution in [1.82, 2.24) is 15.1 Å². The van der Waals surface area contributed by atoms with E-state index < -0.39 is 0 Å². The second-order valence-electron chi connectivity index (χ2n) is 7.65. The fourth-order valence-electron chi connectivity index (χ4n) is 4.22. The molecular weight excluding hydrogens is 298 g/mol. The van der Waals surface area contributed by atoms with Crippen molar-refractivity contribution in [2.75, 3.05) is 46.4 Å². The highest BCUT2D eigenvalue weighted by Crippen LogP contribution is 2.28. The second kappa shape index (κ2) is 8.32. The van der Waals surface area contributed by atoms with Crippen molar-refractivity contribution in [3.05, 3.63) is 29.8 Å². The standard InChI is InChI=1S/C20H33N3O/c1-16-6-5-10-22(13-16)15-20(23-11-9-21-17(2)14-23)18-7-4-8-19(12-18)24-3/h4,7-8,12,16-17,20-21H,5-6,9-11,13-15H2,1-3H3. The SMILES string of the molecule is COc1cccc(C(CN2CCCC(C)C2)N2CCNC(C)C2)c1. The molecule has 2 saturated heterocycles. The maximum Gasteiger partial charge on any atom is 0.119 e. The molecule has 2 aliphatic heterocycles. The lowest BCUT2D eigenvalue weighted by Gasteiger charge is -2.41. The number of rotatable bonds is 5. The Hall–Kier alpha value is -1.10. The molecule has 0 aliphatic carbocycles. The van der Waals surface area contributed by atoms with E-state index in [1.807, 2.05) is 6.07 Å². The van der Waals surface area contributed by atoms with E-state index in [9.17, 15) is 0 Å². The molecule has 134 valence electrons. The van der Waals surface area contributed by atoms with E-state index in [2.05, 4.69) is 47.2 Å². The normalized spacial score (nSPS) is 27.8. The van der Waals surface area contributed by atoms with Gasteiger partial charge >= 0.3 is 0 Å². The molecule has 2 heterocycles. The van der Waals surface area contributed by atoms with Crippen molar-refractivity contribution >= 4 is 0 Å². The number of piperazine rings is 1. The minimum Gasteiger partial charge on any atom is -0.497 e. The van der Waals surface area contributed by atoms with Gasteiger partial charge in [0, 0.05) is 44.8 Å². The predicted molar refractivity (Wildman–Crippen MR) is 99.6 cm³/mol. The Labute approximate surface area is 147 Å². The zero-order valence-corrected chi connectivity index (χ0v) is 15.5. The minimum atomic E-state index is 0.454. The van der Waals surface area contributed by atoms with Crippen LogP contribution in [0.1, 0.15) is 38.3 Å². The van der Waals surface area contributed by atoms with Crippen LogP contribution < -0.4 is 10.1 Å². The lowest BCUT2D eigenvalue weighted by molar-refractivity contribution is 0.0894. The van der Waals surface area contributed by atoms with E-state index in [4.69, 9.17) is 4.74 Å². The molecule has 1 aromatic carbocycles. The number of hydrogen-bond donors (Lipinski definition) is 1. The molecule has 2 fully saturated rings. The Bertz CT molecular complexity index is 521. The number of ether oxygens (including phenoxy) is 1. The summed E-state index contributed by atoms with van der Waals surface area (Å²) in [5, 5.41) is 3.57. The summed E-state index contributed by atoms with van der Waals surface area (Å²) in [5.74, 6) is 1.79. The molecule has 1 aromatic rings. The van der Waals surface area contributed by atoms with Gasteiger partial charge in [-0.25, -0.2) is 0 Å². The van der Waals surface area contributed by atoms with Crippen LogP contribution in [0.4, 0.5) is 0 Å². The third kappa shape index (κ3) is 4.50. The summed E-state index contributed by atoms with van der Waals surface area (Å²) >= 11 is 0. The van der Waals surface area contributed by atoms with Gasteiger partial charge < -0.3 is 15.0 Å². The van der Waals surface area contributed by atoms with Crippen LogP contribution in [0, 0.1) is 5.92 Å². The Kier molecular flexibility index (Phi) is 6.14. The first kappa shape index (κ1) is 17.7. The average Bonchev–Trinajstić information content (AvgIpc) is 2.60. The molecule has 0 aromatic heterocycles. The lowest BCUT2D eigenvalue weighted by atomic mass is 9.97. The molecule has 1 N–H and O–H groups in total. The van der Waals surface area contributed by atoms with Crippen molar-refractivity contribution in [2.45, 2.75) is 38.8 Å². The highest BCUT2D eigenvalue weighted by Gasteiger charge is 2.28. The molecule has 3 rings (SSSR count). The maximum absolute atomic E-state index is 5.48. The van der Waals surface area contributed by atoms with Crippen LogP contribution in [-0.2, 0) is 0 Å². The van der Waals surface area contributed by atoms with Gasteiger partial charge in [-0.3, -0.25) is 4.90 Å². The number of piperidine rings is 1. The number of benzene rings is 1. The van der Waals surface area contributed by atoms with Crippen molar-refractivity contribution in [2.24, 2.45) is 5.92 Å².